The standard InChI is InChI=1S/C24H32N4O.HI/c1-3-25-24(27-18-22-10-6-5-9-19(22)2)26-17-20-11-13-21(14-12-20)23(29)28-15-7-4-8-16-28;/h5-6,9-14H,3-4,7-8,15-18H2,1-2H3,(H2,25,26,27);1H. The Morgan fingerprint density at radius 1 is 1.00 bits per heavy atom. The normalized spacial score (nSPS) is 14.1. The Balaban J connectivity index is 0.00000320. The van der Waals surface area contributed by atoms with Crippen LogP contribution in [0.15, 0.2) is 53.5 Å². The Morgan fingerprint density at radius 2 is 1.70 bits per heavy atom. The van der Waals surface area contributed by atoms with Crippen molar-refractivity contribution in [3.8, 4) is 0 Å². The van der Waals surface area contributed by atoms with Crippen molar-refractivity contribution in [2.45, 2.75) is 46.2 Å². The van der Waals surface area contributed by atoms with E-state index in [0.717, 1.165) is 56.1 Å². The third-order valence-corrected chi connectivity index (χ3v) is 5.32. The van der Waals surface area contributed by atoms with Gasteiger partial charge in [0.25, 0.3) is 5.91 Å². The third kappa shape index (κ3) is 7.00. The quantitative estimate of drug-likeness (QED) is 0.335. The van der Waals surface area contributed by atoms with Gasteiger partial charge in [0, 0.05) is 31.7 Å². The second kappa shape index (κ2) is 12.6. The molecule has 0 spiro atoms. The lowest BCUT2D eigenvalue weighted by Crippen LogP contribution is -2.37. The average Bonchev–Trinajstić information content (AvgIpc) is 2.77. The summed E-state index contributed by atoms with van der Waals surface area (Å²) in [6.07, 6.45) is 3.45. The predicted molar refractivity (Wildman–Crippen MR) is 134 cm³/mol. The monoisotopic (exact) mass is 520 g/mol. The molecule has 2 aromatic carbocycles. The van der Waals surface area contributed by atoms with Crippen molar-refractivity contribution in [2.24, 2.45) is 4.99 Å². The molecule has 0 aromatic heterocycles. The minimum atomic E-state index is 0. The molecular formula is C24H33IN4O. The van der Waals surface area contributed by atoms with Gasteiger partial charge in [-0.25, -0.2) is 4.99 Å². The van der Waals surface area contributed by atoms with Crippen LogP contribution in [0.2, 0.25) is 0 Å². The van der Waals surface area contributed by atoms with E-state index >= 15 is 0 Å². The van der Waals surface area contributed by atoms with Crippen molar-refractivity contribution >= 4 is 35.8 Å². The summed E-state index contributed by atoms with van der Waals surface area (Å²) in [5.41, 5.74) is 4.39. The highest BCUT2D eigenvalue weighted by Crippen LogP contribution is 2.14. The minimum Gasteiger partial charge on any atom is -0.357 e. The number of aryl methyl sites for hydroxylation is 1. The number of rotatable bonds is 6. The molecule has 2 aromatic rings. The van der Waals surface area contributed by atoms with E-state index in [4.69, 9.17) is 4.99 Å². The molecule has 6 heteroatoms. The molecule has 0 atom stereocenters. The van der Waals surface area contributed by atoms with Gasteiger partial charge in [-0.15, -0.1) is 24.0 Å². The van der Waals surface area contributed by atoms with Crippen molar-refractivity contribution in [2.75, 3.05) is 19.6 Å². The number of halogens is 1. The van der Waals surface area contributed by atoms with Gasteiger partial charge in [-0.2, -0.15) is 0 Å². The van der Waals surface area contributed by atoms with E-state index in [0.29, 0.717) is 6.54 Å². The molecule has 1 aliphatic rings. The number of carbonyl (C=O) groups excluding carboxylic acids is 1. The Morgan fingerprint density at radius 3 is 2.37 bits per heavy atom. The first-order chi connectivity index (χ1) is 14.2. The van der Waals surface area contributed by atoms with Gasteiger partial charge in [0.05, 0.1) is 6.54 Å². The lowest BCUT2D eigenvalue weighted by Gasteiger charge is -2.26. The van der Waals surface area contributed by atoms with Gasteiger partial charge >= 0.3 is 0 Å². The van der Waals surface area contributed by atoms with Gasteiger partial charge in [-0.05, 0) is 61.9 Å². The lowest BCUT2D eigenvalue weighted by atomic mass is 10.1. The van der Waals surface area contributed by atoms with Crippen molar-refractivity contribution in [3.05, 3.63) is 70.8 Å². The van der Waals surface area contributed by atoms with Crippen LogP contribution in [0.1, 0.15) is 53.2 Å². The zero-order valence-corrected chi connectivity index (χ0v) is 20.3. The largest absolute Gasteiger partial charge is 0.357 e. The Hall–Kier alpha value is -2.09. The summed E-state index contributed by atoms with van der Waals surface area (Å²) in [5, 5.41) is 6.69. The summed E-state index contributed by atoms with van der Waals surface area (Å²) >= 11 is 0. The molecule has 1 saturated heterocycles. The first kappa shape index (κ1) is 24.2. The van der Waals surface area contributed by atoms with Crippen molar-refractivity contribution in [3.63, 3.8) is 0 Å². The van der Waals surface area contributed by atoms with Gasteiger partial charge in [0.2, 0.25) is 0 Å². The van der Waals surface area contributed by atoms with E-state index in [9.17, 15) is 4.79 Å². The molecular weight excluding hydrogens is 487 g/mol. The molecule has 2 N–H and O–H groups in total. The molecule has 1 heterocycles. The zero-order chi connectivity index (χ0) is 20.5. The first-order valence-corrected chi connectivity index (χ1v) is 10.6. The molecule has 0 saturated carbocycles. The zero-order valence-electron chi connectivity index (χ0n) is 18.0. The molecule has 1 aliphatic heterocycles. The van der Waals surface area contributed by atoms with Crippen LogP contribution in [0.4, 0.5) is 0 Å². The molecule has 0 radical (unpaired) electrons. The summed E-state index contributed by atoms with van der Waals surface area (Å²) in [6, 6.07) is 16.2. The number of nitrogens with zero attached hydrogens (tertiary/aromatic N) is 2. The molecule has 0 unspecified atom stereocenters. The second-order valence-corrected chi connectivity index (χ2v) is 7.52. The van der Waals surface area contributed by atoms with Crippen LogP contribution in [-0.2, 0) is 13.1 Å². The predicted octanol–water partition coefficient (Wildman–Crippen LogP) is 4.49. The number of carbonyl (C=O) groups is 1. The number of likely N-dealkylation sites (tertiary alicyclic amines) is 1. The fraction of sp³-hybridized carbons (Fsp3) is 0.417. The van der Waals surface area contributed by atoms with Gasteiger partial charge in [-0.3, -0.25) is 4.79 Å². The minimum absolute atomic E-state index is 0. The maximum Gasteiger partial charge on any atom is 0.253 e. The summed E-state index contributed by atoms with van der Waals surface area (Å²) < 4.78 is 0. The van der Waals surface area contributed by atoms with Crippen molar-refractivity contribution < 1.29 is 4.79 Å². The maximum atomic E-state index is 12.6. The van der Waals surface area contributed by atoms with Crippen molar-refractivity contribution in [1.29, 1.82) is 0 Å². The molecule has 5 nitrogen and oxygen atoms in total. The number of nitrogens with one attached hydrogen (secondary N) is 2. The third-order valence-electron chi connectivity index (χ3n) is 5.32. The highest BCUT2D eigenvalue weighted by molar-refractivity contribution is 14.0. The first-order valence-electron chi connectivity index (χ1n) is 10.6. The number of hydrogen-bond donors (Lipinski definition) is 2. The fourth-order valence-electron chi connectivity index (χ4n) is 3.53. The average molecular weight is 520 g/mol. The lowest BCUT2D eigenvalue weighted by molar-refractivity contribution is 0.0724. The van der Waals surface area contributed by atoms with E-state index < -0.39 is 0 Å². The Bertz CT molecular complexity index is 829. The highest BCUT2D eigenvalue weighted by atomic mass is 127. The molecule has 30 heavy (non-hydrogen) atoms. The Kier molecular flexibility index (Phi) is 10.1. The Labute approximate surface area is 197 Å². The number of benzene rings is 2. The topological polar surface area (TPSA) is 56.7 Å². The number of aliphatic imine (C=N–C) groups is 1. The molecule has 0 aliphatic carbocycles. The number of amides is 1. The summed E-state index contributed by atoms with van der Waals surface area (Å²) in [5.74, 6) is 0.942. The molecule has 0 bridgehead atoms. The maximum absolute atomic E-state index is 12.6. The highest BCUT2D eigenvalue weighted by Gasteiger charge is 2.17. The van der Waals surface area contributed by atoms with E-state index in [1.165, 1.54) is 17.5 Å². The van der Waals surface area contributed by atoms with Gasteiger partial charge in [-0.1, -0.05) is 36.4 Å². The summed E-state index contributed by atoms with van der Waals surface area (Å²) in [7, 11) is 0. The van der Waals surface area contributed by atoms with Crippen LogP contribution in [0.25, 0.3) is 0 Å². The number of hydrogen-bond acceptors (Lipinski definition) is 2. The fourth-order valence-corrected chi connectivity index (χ4v) is 3.53. The molecule has 162 valence electrons. The summed E-state index contributed by atoms with van der Waals surface area (Å²) in [4.78, 5) is 19.2. The van der Waals surface area contributed by atoms with Gasteiger partial charge < -0.3 is 15.5 Å². The van der Waals surface area contributed by atoms with E-state index in [1.54, 1.807) is 0 Å². The second-order valence-electron chi connectivity index (χ2n) is 7.52. The van der Waals surface area contributed by atoms with Crippen LogP contribution in [0, 0.1) is 6.92 Å². The van der Waals surface area contributed by atoms with E-state index in [1.807, 2.05) is 29.2 Å². The molecule has 3 rings (SSSR count). The van der Waals surface area contributed by atoms with Crippen LogP contribution in [-0.4, -0.2) is 36.4 Å². The van der Waals surface area contributed by atoms with E-state index in [2.05, 4.69) is 48.7 Å². The van der Waals surface area contributed by atoms with Crippen LogP contribution >= 0.6 is 24.0 Å². The number of piperidine rings is 1. The van der Waals surface area contributed by atoms with Gasteiger partial charge in [0.15, 0.2) is 5.96 Å². The SMILES string of the molecule is CCNC(=NCc1ccc(C(=O)N2CCCCC2)cc1)NCc1ccccc1C.I. The van der Waals surface area contributed by atoms with Crippen molar-refractivity contribution in [1.82, 2.24) is 15.5 Å². The number of guanidine groups is 1. The van der Waals surface area contributed by atoms with Crippen LogP contribution < -0.4 is 10.6 Å². The van der Waals surface area contributed by atoms with Crippen LogP contribution in [0.3, 0.4) is 0 Å². The van der Waals surface area contributed by atoms with E-state index in [-0.39, 0.29) is 29.9 Å². The van der Waals surface area contributed by atoms with Crippen LogP contribution in [0.5, 0.6) is 0 Å². The molecule has 1 amide bonds. The molecule has 1 fully saturated rings. The smallest absolute Gasteiger partial charge is 0.253 e. The summed E-state index contributed by atoms with van der Waals surface area (Å²) in [6.45, 7) is 8.05. The van der Waals surface area contributed by atoms with Gasteiger partial charge in [0.1, 0.15) is 0 Å².